The number of carbonyl (C=O) groups is 1. The van der Waals surface area contributed by atoms with Gasteiger partial charge in [-0.05, 0) is 68.3 Å². The molecule has 4 rings (SSSR count). The van der Waals surface area contributed by atoms with Gasteiger partial charge in [-0.15, -0.1) is 11.8 Å². The molecule has 0 saturated carbocycles. The Kier molecular flexibility index (Phi) is 6.23. The minimum Gasteiger partial charge on any atom is -0.441 e. The van der Waals surface area contributed by atoms with E-state index in [-0.39, 0.29) is 5.91 Å². The highest BCUT2D eigenvalue weighted by molar-refractivity contribution is 7.98. The maximum atomic E-state index is 12.7. The lowest BCUT2D eigenvalue weighted by atomic mass is 10.1. The van der Waals surface area contributed by atoms with E-state index in [0.717, 1.165) is 39.6 Å². The molecule has 4 aromatic rings. The quantitative estimate of drug-likeness (QED) is 0.343. The van der Waals surface area contributed by atoms with Crippen molar-refractivity contribution in [2.24, 2.45) is 0 Å². The summed E-state index contributed by atoms with van der Waals surface area (Å²) in [6, 6.07) is 23.6. The average Bonchev–Trinajstić information content (AvgIpc) is 3.16. The molecule has 156 valence electrons. The molecular formula is C26H24N2O2S. The van der Waals surface area contributed by atoms with Crippen molar-refractivity contribution in [3.63, 3.8) is 0 Å². The van der Waals surface area contributed by atoms with E-state index < -0.39 is 0 Å². The highest BCUT2D eigenvalue weighted by atomic mass is 32.2. The molecule has 0 saturated heterocycles. The second-order valence-corrected chi connectivity index (χ2v) is 8.47. The molecule has 0 aliphatic carbocycles. The second-order valence-electron chi connectivity index (χ2n) is 7.42. The Bertz CT molecular complexity index is 1180. The van der Waals surface area contributed by atoms with Crippen molar-refractivity contribution in [2.45, 2.75) is 31.4 Å². The van der Waals surface area contributed by atoms with Gasteiger partial charge in [0.15, 0.2) is 0 Å². The summed E-state index contributed by atoms with van der Waals surface area (Å²) in [5.41, 5.74) is 5.32. The van der Waals surface area contributed by atoms with Gasteiger partial charge in [-0.25, -0.2) is 4.98 Å². The predicted molar refractivity (Wildman–Crippen MR) is 127 cm³/mol. The van der Waals surface area contributed by atoms with Crippen LogP contribution < -0.4 is 5.32 Å². The SMILES string of the molecule is Cc1cccc(C)c1NC(=O)c1ccc(-c2nc(CSc3ccccc3)c(C)o2)cc1. The minimum atomic E-state index is -0.132. The largest absolute Gasteiger partial charge is 0.441 e. The smallest absolute Gasteiger partial charge is 0.255 e. The Labute approximate surface area is 186 Å². The molecule has 1 heterocycles. The zero-order valence-electron chi connectivity index (χ0n) is 17.8. The molecular weight excluding hydrogens is 404 g/mol. The summed E-state index contributed by atoms with van der Waals surface area (Å²) in [5, 5.41) is 3.02. The first-order valence-electron chi connectivity index (χ1n) is 10.1. The lowest BCUT2D eigenvalue weighted by Gasteiger charge is -2.11. The van der Waals surface area contributed by atoms with E-state index in [1.165, 1.54) is 4.90 Å². The van der Waals surface area contributed by atoms with E-state index in [0.29, 0.717) is 11.5 Å². The van der Waals surface area contributed by atoms with E-state index in [1.807, 2.05) is 69.3 Å². The Hall–Kier alpha value is -3.31. The monoisotopic (exact) mass is 428 g/mol. The van der Waals surface area contributed by atoms with Gasteiger partial charge < -0.3 is 9.73 Å². The van der Waals surface area contributed by atoms with Gasteiger partial charge in [-0.1, -0.05) is 36.4 Å². The molecule has 31 heavy (non-hydrogen) atoms. The van der Waals surface area contributed by atoms with Crippen LogP contribution in [0, 0.1) is 20.8 Å². The molecule has 0 radical (unpaired) electrons. The first kappa shape index (κ1) is 20.9. The molecule has 0 bridgehead atoms. The highest BCUT2D eigenvalue weighted by Gasteiger charge is 2.14. The Morgan fingerprint density at radius 3 is 2.26 bits per heavy atom. The summed E-state index contributed by atoms with van der Waals surface area (Å²) in [5.74, 6) is 2.00. The average molecular weight is 429 g/mol. The number of amides is 1. The molecule has 0 spiro atoms. The Balaban J connectivity index is 1.46. The molecule has 0 aliphatic heterocycles. The van der Waals surface area contributed by atoms with Crippen LogP contribution in [0.1, 0.15) is 32.9 Å². The Morgan fingerprint density at radius 1 is 0.903 bits per heavy atom. The number of oxazole rings is 1. The summed E-state index contributed by atoms with van der Waals surface area (Å²) in [6.07, 6.45) is 0. The molecule has 1 N–H and O–H groups in total. The molecule has 3 aromatic carbocycles. The number of benzene rings is 3. The standard InChI is InChI=1S/C26H24N2O2S/c1-17-8-7-9-18(2)24(17)28-25(29)20-12-14-21(15-13-20)26-27-23(19(3)30-26)16-31-22-10-5-4-6-11-22/h4-15H,16H2,1-3H3,(H,28,29). The number of aryl methyl sites for hydroxylation is 3. The van der Waals surface area contributed by atoms with Crippen LogP contribution in [-0.2, 0) is 5.75 Å². The zero-order valence-corrected chi connectivity index (χ0v) is 18.6. The number of aromatic nitrogens is 1. The van der Waals surface area contributed by atoms with Crippen molar-refractivity contribution < 1.29 is 9.21 Å². The van der Waals surface area contributed by atoms with E-state index in [2.05, 4.69) is 22.4 Å². The second kappa shape index (κ2) is 9.23. The van der Waals surface area contributed by atoms with Gasteiger partial charge in [0.1, 0.15) is 5.76 Å². The number of nitrogens with one attached hydrogen (secondary N) is 1. The Morgan fingerprint density at radius 2 is 1.58 bits per heavy atom. The number of hydrogen-bond donors (Lipinski definition) is 1. The lowest BCUT2D eigenvalue weighted by molar-refractivity contribution is 0.102. The van der Waals surface area contributed by atoms with E-state index in [1.54, 1.807) is 23.9 Å². The number of hydrogen-bond acceptors (Lipinski definition) is 4. The fraction of sp³-hybridized carbons (Fsp3) is 0.154. The van der Waals surface area contributed by atoms with Crippen molar-refractivity contribution >= 4 is 23.4 Å². The molecule has 0 aliphatic rings. The van der Waals surface area contributed by atoms with Crippen LogP contribution in [0.5, 0.6) is 0 Å². The summed E-state index contributed by atoms with van der Waals surface area (Å²) in [4.78, 5) is 18.6. The lowest BCUT2D eigenvalue weighted by Crippen LogP contribution is -2.13. The third-order valence-electron chi connectivity index (χ3n) is 5.13. The third kappa shape index (κ3) is 4.89. The summed E-state index contributed by atoms with van der Waals surface area (Å²) < 4.78 is 5.89. The minimum absolute atomic E-state index is 0.132. The first-order valence-corrected chi connectivity index (χ1v) is 11.1. The highest BCUT2D eigenvalue weighted by Crippen LogP contribution is 2.28. The number of rotatable bonds is 6. The van der Waals surface area contributed by atoms with Gasteiger partial charge in [0, 0.05) is 27.5 Å². The maximum Gasteiger partial charge on any atom is 0.255 e. The molecule has 0 atom stereocenters. The molecule has 0 fully saturated rings. The first-order chi connectivity index (χ1) is 15.0. The number of thioether (sulfide) groups is 1. The van der Waals surface area contributed by atoms with Gasteiger partial charge in [0.05, 0.1) is 5.69 Å². The predicted octanol–water partition coefficient (Wildman–Crippen LogP) is 6.81. The fourth-order valence-electron chi connectivity index (χ4n) is 3.32. The molecule has 1 amide bonds. The van der Waals surface area contributed by atoms with Crippen LogP contribution in [0.3, 0.4) is 0 Å². The normalized spacial score (nSPS) is 10.8. The molecule has 0 unspecified atom stereocenters. The van der Waals surface area contributed by atoms with Crippen LogP contribution in [0.4, 0.5) is 5.69 Å². The van der Waals surface area contributed by atoms with Crippen molar-refractivity contribution in [1.29, 1.82) is 0 Å². The van der Waals surface area contributed by atoms with Gasteiger partial charge in [-0.2, -0.15) is 0 Å². The number of nitrogens with zero attached hydrogens (tertiary/aromatic N) is 1. The summed E-state index contributed by atoms with van der Waals surface area (Å²) in [6.45, 7) is 5.91. The van der Waals surface area contributed by atoms with Gasteiger partial charge in [-0.3, -0.25) is 4.79 Å². The fourth-order valence-corrected chi connectivity index (χ4v) is 4.24. The zero-order chi connectivity index (χ0) is 21.8. The summed E-state index contributed by atoms with van der Waals surface area (Å²) >= 11 is 1.73. The topological polar surface area (TPSA) is 55.1 Å². The van der Waals surface area contributed by atoms with Crippen molar-refractivity contribution in [3.8, 4) is 11.5 Å². The van der Waals surface area contributed by atoms with Gasteiger partial charge >= 0.3 is 0 Å². The molecule has 1 aromatic heterocycles. The maximum absolute atomic E-state index is 12.7. The van der Waals surface area contributed by atoms with Crippen LogP contribution in [0.15, 0.2) is 82.1 Å². The van der Waals surface area contributed by atoms with Gasteiger partial charge in [0.2, 0.25) is 5.89 Å². The van der Waals surface area contributed by atoms with E-state index in [4.69, 9.17) is 4.42 Å². The van der Waals surface area contributed by atoms with Gasteiger partial charge in [0.25, 0.3) is 5.91 Å². The molecule has 4 nitrogen and oxygen atoms in total. The van der Waals surface area contributed by atoms with E-state index >= 15 is 0 Å². The number of anilines is 1. The van der Waals surface area contributed by atoms with E-state index in [9.17, 15) is 4.79 Å². The van der Waals surface area contributed by atoms with Crippen molar-refractivity contribution in [2.75, 3.05) is 5.32 Å². The molecule has 5 heteroatoms. The van der Waals surface area contributed by atoms with Crippen molar-refractivity contribution in [1.82, 2.24) is 4.98 Å². The number of para-hydroxylation sites is 1. The van der Waals surface area contributed by atoms with Crippen molar-refractivity contribution in [3.05, 3.63) is 101 Å². The number of carbonyl (C=O) groups excluding carboxylic acids is 1. The van der Waals surface area contributed by atoms with Crippen LogP contribution in [0.2, 0.25) is 0 Å². The third-order valence-corrected chi connectivity index (χ3v) is 6.15. The summed E-state index contributed by atoms with van der Waals surface area (Å²) in [7, 11) is 0. The van der Waals surface area contributed by atoms with Crippen LogP contribution in [0.25, 0.3) is 11.5 Å². The van der Waals surface area contributed by atoms with Crippen LogP contribution >= 0.6 is 11.8 Å². The van der Waals surface area contributed by atoms with Crippen LogP contribution in [-0.4, -0.2) is 10.9 Å².